The predicted molar refractivity (Wildman–Crippen MR) is 126 cm³/mol. The number of rotatable bonds is 6. The Morgan fingerprint density at radius 1 is 1.30 bits per heavy atom. The minimum atomic E-state index is -0.578. The van der Waals surface area contributed by atoms with Crippen LogP contribution in [-0.2, 0) is 29.4 Å². The minimum Gasteiger partial charge on any atom is -0.462 e. The molecule has 0 aromatic carbocycles. The Morgan fingerprint density at radius 3 is 2.79 bits per heavy atom. The molecule has 9 heteroatoms. The number of hydrogen-bond donors (Lipinski definition) is 1. The number of aryl methyl sites for hydroxylation is 2. The fourth-order valence-electron chi connectivity index (χ4n) is 3.89. The molecule has 0 atom stereocenters. The maximum absolute atomic E-state index is 13.1. The smallest absolute Gasteiger partial charge is 0.341 e. The number of carbonyl (C=O) groups is 2. The molecule has 0 bridgehead atoms. The van der Waals surface area contributed by atoms with Crippen molar-refractivity contribution >= 4 is 34.3 Å². The highest BCUT2D eigenvalue weighted by molar-refractivity contribution is 7.17. The van der Waals surface area contributed by atoms with E-state index in [0.717, 1.165) is 41.7 Å². The van der Waals surface area contributed by atoms with Gasteiger partial charge >= 0.3 is 5.97 Å². The molecule has 3 aromatic heterocycles. The lowest BCUT2D eigenvalue weighted by Crippen LogP contribution is -2.16. The van der Waals surface area contributed by atoms with Gasteiger partial charge in [-0.2, -0.15) is 10.4 Å². The van der Waals surface area contributed by atoms with Gasteiger partial charge in [-0.3, -0.25) is 14.5 Å². The number of esters is 1. The number of thiophene rings is 1. The fourth-order valence-corrected chi connectivity index (χ4v) is 5.17. The average Bonchev–Trinajstić information content (AvgIpc) is 3.37. The Kier molecular flexibility index (Phi) is 6.66. The first-order valence-electron chi connectivity index (χ1n) is 10.7. The highest BCUT2D eigenvalue weighted by Gasteiger charge is 2.28. The molecule has 1 aliphatic rings. The number of hydrogen-bond acceptors (Lipinski definition) is 7. The monoisotopic (exact) mass is 461 g/mol. The second-order valence-corrected chi connectivity index (χ2v) is 8.71. The maximum Gasteiger partial charge on any atom is 0.341 e. The summed E-state index contributed by atoms with van der Waals surface area (Å²) in [5.74, 6) is -1.02. The van der Waals surface area contributed by atoms with Crippen LogP contribution in [0.4, 0.5) is 5.00 Å². The predicted octanol–water partition coefficient (Wildman–Crippen LogP) is 4.14. The van der Waals surface area contributed by atoms with Crippen LogP contribution in [0.15, 0.2) is 36.3 Å². The first-order chi connectivity index (χ1) is 16.0. The van der Waals surface area contributed by atoms with Crippen LogP contribution < -0.4 is 5.32 Å². The highest BCUT2D eigenvalue weighted by atomic mass is 32.1. The van der Waals surface area contributed by atoms with E-state index >= 15 is 0 Å². The molecule has 1 aliphatic carbocycles. The summed E-state index contributed by atoms with van der Waals surface area (Å²) in [5, 5.41) is 17.4. The second-order valence-electron chi connectivity index (χ2n) is 7.60. The maximum atomic E-state index is 13.1. The quantitative estimate of drug-likeness (QED) is 0.336. The van der Waals surface area contributed by atoms with Gasteiger partial charge in [0.15, 0.2) is 0 Å². The molecule has 0 unspecified atom stereocenters. The lowest BCUT2D eigenvalue weighted by Gasteiger charge is -2.12. The average molecular weight is 462 g/mol. The van der Waals surface area contributed by atoms with Gasteiger partial charge in [-0.25, -0.2) is 4.79 Å². The Hall–Kier alpha value is -3.77. The third-order valence-electron chi connectivity index (χ3n) is 5.35. The number of aromatic nitrogens is 3. The normalized spacial score (nSPS) is 13.2. The minimum absolute atomic E-state index is 0.0838. The zero-order valence-corrected chi connectivity index (χ0v) is 19.2. The highest BCUT2D eigenvalue weighted by Crippen LogP contribution is 2.39. The molecular formula is C24H23N5O3S. The van der Waals surface area contributed by atoms with Crippen molar-refractivity contribution in [3.05, 3.63) is 57.9 Å². The van der Waals surface area contributed by atoms with Crippen LogP contribution in [0.3, 0.4) is 0 Å². The van der Waals surface area contributed by atoms with Crippen LogP contribution in [0, 0.1) is 11.3 Å². The van der Waals surface area contributed by atoms with Crippen molar-refractivity contribution in [2.24, 2.45) is 7.05 Å². The SMILES string of the molecule is CCOC(=O)c1c(NC(=O)/C(C#N)=C/c2cn(C)nc2-c2ccncc2)sc2c1CCCC2. The summed E-state index contributed by atoms with van der Waals surface area (Å²) in [6.07, 6.45) is 10.3. The van der Waals surface area contributed by atoms with Crippen LogP contribution in [0.5, 0.6) is 0 Å². The van der Waals surface area contributed by atoms with Gasteiger partial charge in [-0.1, -0.05) is 0 Å². The molecule has 1 N–H and O–H groups in total. The summed E-state index contributed by atoms with van der Waals surface area (Å²) in [7, 11) is 1.77. The molecule has 4 rings (SSSR count). The number of nitrogens with zero attached hydrogens (tertiary/aromatic N) is 4. The topological polar surface area (TPSA) is 110 Å². The van der Waals surface area contributed by atoms with Crippen LogP contribution in [0.1, 0.15) is 46.1 Å². The molecule has 0 saturated carbocycles. The van der Waals surface area contributed by atoms with Crippen molar-refractivity contribution in [2.45, 2.75) is 32.6 Å². The van der Waals surface area contributed by atoms with Gasteiger partial charge < -0.3 is 10.1 Å². The largest absolute Gasteiger partial charge is 0.462 e. The van der Waals surface area contributed by atoms with Gasteiger partial charge in [0.25, 0.3) is 5.91 Å². The Balaban J connectivity index is 1.67. The molecule has 0 fully saturated rings. The fraction of sp³-hybridized carbons (Fsp3) is 0.292. The Labute approximate surface area is 195 Å². The van der Waals surface area contributed by atoms with Gasteiger partial charge in [-0.05, 0) is 56.4 Å². The second kappa shape index (κ2) is 9.79. The molecule has 0 aliphatic heterocycles. The molecule has 0 saturated heterocycles. The van der Waals surface area contributed by atoms with Crippen LogP contribution >= 0.6 is 11.3 Å². The summed E-state index contributed by atoms with van der Waals surface area (Å²) in [6.45, 7) is 2.00. The van der Waals surface area contributed by atoms with Gasteiger partial charge in [0.2, 0.25) is 0 Å². The van der Waals surface area contributed by atoms with Gasteiger partial charge in [0, 0.05) is 41.6 Å². The van der Waals surface area contributed by atoms with E-state index in [-0.39, 0.29) is 12.2 Å². The van der Waals surface area contributed by atoms with Crippen molar-refractivity contribution < 1.29 is 14.3 Å². The number of anilines is 1. The Bertz CT molecular complexity index is 1270. The van der Waals surface area contributed by atoms with E-state index in [1.165, 1.54) is 17.4 Å². The molecule has 0 radical (unpaired) electrons. The number of ether oxygens (including phenoxy) is 1. The summed E-state index contributed by atoms with van der Waals surface area (Å²) in [4.78, 5) is 30.8. The molecular weight excluding hydrogens is 438 g/mol. The zero-order valence-electron chi connectivity index (χ0n) is 18.4. The summed E-state index contributed by atoms with van der Waals surface area (Å²) in [5.41, 5.74) is 3.38. The third-order valence-corrected chi connectivity index (χ3v) is 6.56. The molecule has 0 spiro atoms. The number of fused-ring (bicyclic) bond motifs is 1. The van der Waals surface area contributed by atoms with E-state index in [9.17, 15) is 14.9 Å². The first-order valence-corrected chi connectivity index (χ1v) is 11.5. The summed E-state index contributed by atoms with van der Waals surface area (Å²) >= 11 is 1.39. The molecule has 8 nitrogen and oxygen atoms in total. The van der Waals surface area contributed by atoms with Crippen molar-refractivity contribution in [1.82, 2.24) is 14.8 Å². The van der Waals surface area contributed by atoms with E-state index in [1.807, 2.05) is 18.2 Å². The zero-order chi connectivity index (χ0) is 23.4. The first kappa shape index (κ1) is 22.4. The standard InChI is InChI=1S/C24H23N5O3S/c1-3-32-24(31)20-18-6-4-5-7-19(18)33-23(20)27-22(30)16(13-25)12-17-14-29(2)28-21(17)15-8-10-26-11-9-15/h8-12,14H,3-7H2,1-2H3,(H,27,30)/b16-12+. The van der Waals surface area contributed by atoms with Crippen molar-refractivity contribution in [3.8, 4) is 17.3 Å². The molecule has 33 heavy (non-hydrogen) atoms. The number of amides is 1. The molecule has 168 valence electrons. The van der Waals surface area contributed by atoms with Crippen LogP contribution in [0.2, 0.25) is 0 Å². The summed E-state index contributed by atoms with van der Waals surface area (Å²) in [6, 6.07) is 5.61. The van der Waals surface area contributed by atoms with Gasteiger partial charge in [0.05, 0.1) is 17.9 Å². The van der Waals surface area contributed by atoms with Crippen molar-refractivity contribution in [2.75, 3.05) is 11.9 Å². The van der Waals surface area contributed by atoms with Crippen molar-refractivity contribution in [3.63, 3.8) is 0 Å². The van der Waals surface area contributed by atoms with E-state index in [2.05, 4.69) is 15.4 Å². The summed E-state index contributed by atoms with van der Waals surface area (Å²) < 4.78 is 6.87. The number of nitriles is 1. The van der Waals surface area contributed by atoms with E-state index in [4.69, 9.17) is 4.74 Å². The van der Waals surface area contributed by atoms with E-state index in [1.54, 1.807) is 37.2 Å². The van der Waals surface area contributed by atoms with Crippen LogP contribution in [0.25, 0.3) is 17.3 Å². The lowest BCUT2D eigenvalue weighted by atomic mass is 9.95. The number of carbonyl (C=O) groups excluding carboxylic acids is 2. The van der Waals surface area contributed by atoms with Crippen LogP contribution in [-0.4, -0.2) is 33.2 Å². The van der Waals surface area contributed by atoms with Gasteiger partial charge in [-0.15, -0.1) is 11.3 Å². The van der Waals surface area contributed by atoms with E-state index < -0.39 is 11.9 Å². The molecule has 1 amide bonds. The van der Waals surface area contributed by atoms with E-state index in [0.29, 0.717) is 21.8 Å². The Morgan fingerprint density at radius 2 is 2.06 bits per heavy atom. The molecule has 3 heterocycles. The van der Waals surface area contributed by atoms with Crippen molar-refractivity contribution in [1.29, 1.82) is 5.26 Å². The number of nitrogens with one attached hydrogen (secondary N) is 1. The lowest BCUT2D eigenvalue weighted by molar-refractivity contribution is -0.112. The molecule has 3 aromatic rings. The number of pyridine rings is 1. The van der Waals surface area contributed by atoms with Gasteiger partial charge in [0.1, 0.15) is 16.6 Å². The third kappa shape index (κ3) is 4.71.